The van der Waals surface area contributed by atoms with Crippen LogP contribution in [0.3, 0.4) is 0 Å². The Morgan fingerprint density at radius 3 is 1.00 bits per heavy atom. The Morgan fingerprint density at radius 1 is 0.444 bits per heavy atom. The lowest BCUT2D eigenvalue weighted by Gasteiger charge is -1.95. The van der Waals surface area contributed by atoms with E-state index in [1.54, 1.807) is 0 Å². The molecule has 0 radical (unpaired) electrons. The minimum Gasteiger partial charge on any atom is -0.0885 e. The number of hydrogen-bond acceptors (Lipinski definition) is 0. The van der Waals surface area contributed by atoms with Crippen LogP contribution in [-0.2, 0) is 0 Å². The zero-order chi connectivity index (χ0) is 21.3. The van der Waals surface area contributed by atoms with Crippen LogP contribution in [0.25, 0.3) is 0 Å². The van der Waals surface area contributed by atoms with Gasteiger partial charge in [0.25, 0.3) is 0 Å². The summed E-state index contributed by atoms with van der Waals surface area (Å²) >= 11 is 0. The van der Waals surface area contributed by atoms with Crippen molar-refractivity contribution in [3.8, 4) is 0 Å². The molecular formula is C27H54. The van der Waals surface area contributed by atoms with Gasteiger partial charge < -0.3 is 0 Å². The molecule has 0 rings (SSSR count). The highest BCUT2D eigenvalue weighted by molar-refractivity contribution is 4.86. The summed E-state index contributed by atoms with van der Waals surface area (Å²) in [6.07, 6.45) is 25.5. The summed E-state index contributed by atoms with van der Waals surface area (Å²) in [4.78, 5) is 0. The molecule has 0 saturated heterocycles. The fraction of sp³-hybridized carbons (Fsp3) is 0.778. The van der Waals surface area contributed by atoms with E-state index >= 15 is 0 Å². The van der Waals surface area contributed by atoms with Crippen LogP contribution in [0.5, 0.6) is 0 Å². The van der Waals surface area contributed by atoms with Gasteiger partial charge in [0.15, 0.2) is 0 Å². The molecule has 0 bridgehead atoms. The molecule has 0 unspecified atom stereocenters. The molecular weight excluding hydrogens is 324 g/mol. The summed E-state index contributed by atoms with van der Waals surface area (Å²) in [5.41, 5.74) is 0. The predicted octanol–water partition coefficient (Wildman–Crippen LogP) is 10.2. The minimum absolute atomic E-state index is 0.706. The Hall–Kier alpha value is -0.780. The Balaban J connectivity index is -0.000000322. The van der Waals surface area contributed by atoms with E-state index in [1.165, 1.54) is 57.8 Å². The largest absolute Gasteiger partial charge is 0.0885 e. The zero-order valence-corrected chi connectivity index (χ0v) is 20.6. The lowest BCUT2D eigenvalue weighted by atomic mass is 10.1. The fourth-order valence-electron chi connectivity index (χ4n) is 2.01. The third kappa shape index (κ3) is 45.9. The van der Waals surface area contributed by atoms with E-state index in [1.807, 2.05) is 0 Å². The number of rotatable bonds is 12. The van der Waals surface area contributed by atoms with E-state index in [-0.39, 0.29) is 0 Å². The molecule has 0 aromatic heterocycles. The average molecular weight is 379 g/mol. The van der Waals surface area contributed by atoms with Crippen LogP contribution in [-0.4, -0.2) is 0 Å². The van der Waals surface area contributed by atoms with Crippen molar-refractivity contribution in [3.63, 3.8) is 0 Å². The van der Waals surface area contributed by atoms with Crippen LogP contribution < -0.4 is 0 Å². The van der Waals surface area contributed by atoms with Crippen molar-refractivity contribution in [1.29, 1.82) is 0 Å². The fourth-order valence-corrected chi connectivity index (χ4v) is 2.01. The Labute approximate surface area is 174 Å². The third-order valence-corrected chi connectivity index (χ3v) is 3.74. The van der Waals surface area contributed by atoms with E-state index in [2.05, 4.69) is 98.8 Å². The molecule has 0 N–H and O–H groups in total. The highest BCUT2D eigenvalue weighted by Crippen LogP contribution is 2.00. The number of unbranched alkanes of at least 4 members (excludes halogenated alkanes) is 6. The molecule has 0 heteroatoms. The van der Waals surface area contributed by atoms with Gasteiger partial charge in [-0.2, -0.15) is 0 Å². The maximum atomic E-state index is 2.32. The van der Waals surface area contributed by atoms with Crippen molar-refractivity contribution in [3.05, 3.63) is 36.5 Å². The lowest BCUT2D eigenvalue weighted by Crippen LogP contribution is -1.81. The normalized spacial score (nSPS) is 11.6. The van der Waals surface area contributed by atoms with Gasteiger partial charge in [-0.1, -0.05) is 137 Å². The summed E-state index contributed by atoms with van der Waals surface area (Å²) in [5.74, 6) is 2.14. The van der Waals surface area contributed by atoms with Gasteiger partial charge in [-0.3, -0.25) is 0 Å². The molecule has 0 amide bonds. The second-order valence-corrected chi connectivity index (χ2v) is 8.44. The Bertz CT molecular complexity index is 295. The van der Waals surface area contributed by atoms with Gasteiger partial charge in [-0.05, 0) is 37.0 Å². The molecule has 0 aliphatic carbocycles. The summed E-state index contributed by atoms with van der Waals surface area (Å²) in [6.45, 7) is 19.9. The maximum absolute atomic E-state index is 2.32. The first-order chi connectivity index (χ1) is 12.8. The summed E-state index contributed by atoms with van der Waals surface area (Å²) in [6, 6.07) is 0. The molecule has 0 aliphatic rings. The third-order valence-electron chi connectivity index (χ3n) is 3.74. The van der Waals surface area contributed by atoms with Crippen molar-refractivity contribution >= 4 is 0 Å². The molecule has 162 valence electrons. The van der Waals surface area contributed by atoms with Crippen LogP contribution in [0.15, 0.2) is 36.5 Å². The predicted molar refractivity (Wildman–Crippen MR) is 131 cm³/mol. The first-order valence-corrected chi connectivity index (χ1v) is 11.8. The van der Waals surface area contributed by atoms with Gasteiger partial charge >= 0.3 is 0 Å². The van der Waals surface area contributed by atoms with Crippen LogP contribution in [0.4, 0.5) is 0 Å². The molecule has 0 aliphatic heterocycles. The standard InChI is InChI=1S/C10H20.C9H18.C8H16/c1-3-5-7-9-10-8-6-4-2;1-4-5-6-7-8-9(2)3;1-7(2)5-6-8(3)4/h9-10H,3-8H2,1-2H3;7-9H,4-6H2,1-3H3;5-8H,1-4H3/b10-9+;8-7+;6-5+. The molecule has 27 heavy (non-hydrogen) atoms. The van der Waals surface area contributed by atoms with Crippen molar-refractivity contribution in [2.75, 3.05) is 0 Å². The monoisotopic (exact) mass is 378 g/mol. The Kier molecular flexibility index (Phi) is 31.4. The van der Waals surface area contributed by atoms with Gasteiger partial charge in [0.2, 0.25) is 0 Å². The number of allylic oxidation sites excluding steroid dienone is 6. The van der Waals surface area contributed by atoms with Crippen LogP contribution >= 0.6 is 0 Å². The van der Waals surface area contributed by atoms with Crippen LogP contribution in [0, 0.1) is 17.8 Å². The quantitative estimate of drug-likeness (QED) is 0.234. The summed E-state index contributed by atoms with van der Waals surface area (Å²) in [7, 11) is 0. The molecule has 0 atom stereocenters. The van der Waals surface area contributed by atoms with E-state index < -0.39 is 0 Å². The van der Waals surface area contributed by atoms with Gasteiger partial charge in [-0.25, -0.2) is 0 Å². The minimum atomic E-state index is 0.706. The average Bonchev–Trinajstić information content (AvgIpc) is 2.61. The smallest absolute Gasteiger partial charge is 0.0290 e. The van der Waals surface area contributed by atoms with E-state index in [0.717, 1.165) is 5.92 Å². The van der Waals surface area contributed by atoms with Crippen LogP contribution in [0.2, 0.25) is 0 Å². The molecule has 0 aromatic carbocycles. The maximum Gasteiger partial charge on any atom is -0.0290 e. The Morgan fingerprint density at radius 2 is 0.741 bits per heavy atom. The highest BCUT2D eigenvalue weighted by Gasteiger charge is 1.85. The van der Waals surface area contributed by atoms with Gasteiger partial charge in [0.1, 0.15) is 0 Å². The molecule has 0 heterocycles. The SMILES string of the molecule is CC(C)/C=C/C(C)C.CCCC/C=C/C(C)C.CCCC/C=C/CCCC. The molecule has 0 spiro atoms. The molecule has 0 saturated carbocycles. The summed E-state index contributed by atoms with van der Waals surface area (Å²) < 4.78 is 0. The summed E-state index contributed by atoms with van der Waals surface area (Å²) in [5, 5.41) is 0. The van der Waals surface area contributed by atoms with Crippen molar-refractivity contribution in [2.45, 2.75) is 120 Å². The van der Waals surface area contributed by atoms with Crippen molar-refractivity contribution in [1.82, 2.24) is 0 Å². The van der Waals surface area contributed by atoms with Gasteiger partial charge in [-0.15, -0.1) is 0 Å². The number of hydrogen-bond donors (Lipinski definition) is 0. The van der Waals surface area contributed by atoms with E-state index in [0.29, 0.717) is 11.8 Å². The van der Waals surface area contributed by atoms with Gasteiger partial charge in [0, 0.05) is 0 Å². The first kappa shape index (κ1) is 30.9. The van der Waals surface area contributed by atoms with E-state index in [9.17, 15) is 0 Å². The first-order valence-electron chi connectivity index (χ1n) is 11.8. The zero-order valence-electron chi connectivity index (χ0n) is 20.6. The second-order valence-electron chi connectivity index (χ2n) is 8.44. The van der Waals surface area contributed by atoms with E-state index in [4.69, 9.17) is 0 Å². The topological polar surface area (TPSA) is 0 Å². The highest BCUT2D eigenvalue weighted by atomic mass is 13.9. The second kappa shape index (κ2) is 27.4. The van der Waals surface area contributed by atoms with Crippen molar-refractivity contribution in [2.24, 2.45) is 17.8 Å². The van der Waals surface area contributed by atoms with Crippen molar-refractivity contribution < 1.29 is 0 Å². The lowest BCUT2D eigenvalue weighted by molar-refractivity contribution is 0.780. The molecule has 0 aromatic rings. The van der Waals surface area contributed by atoms with Gasteiger partial charge in [0.05, 0.1) is 0 Å². The van der Waals surface area contributed by atoms with Crippen LogP contribution in [0.1, 0.15) is 120 Å². The molecule has 0 nitrogen and oxygen atoms in total. The molecule has 0 fully saturated rings.